The molecule has 1 aliphatic heterocycles. The van der Waals surface area contributed by atoms with Crippen LogP contribution in [0.15, 0.2) is 23.3 Å². The highest BCUT2D eigenvalue weighted by Gasteiger charge is 2.22. The quantitative estimate of drug-likeness (QED) is 0.487. The summed E-state index contributed by atoms with van der Waals surface area (Å²) in [6.45, 7) is 5.78. The molecule has 0 N–H and O–H groups in total. The largest absolute Gasteiger partial charge is 0.493 e. The third kappa shape index (κ3) is 4.00. The van der Waals surface area contributed by atoms with Crippen molar-refractivity contribution in [3.05, 3.63) is 23.8 Å². The third-order valence-corrected chi connectivity index (χ3v) is 3.93. The summed E-state index contributed by atoms with van der Waals surface area (Å²) >= 11 is 0. The number of methoxy groups -OCH3 is 1. The van der Waals surface area contributed by atoms with Gasteiger partial charge in [-0.3, -0.25) is 9.80 Å². The highest BCUT2D eigenvalue weighted by atomic mass is 16.6. The molecule has 0 saturated carbocycles. The molecule has 2 atom stereocenters. The average molecular weight is 304 g/mol. The fourth-order valence-corrected chi connectivity index (χ4v) is 2.77. The van der Waals surface area contributed by atoms with Gasteiger partial charge in [-0.2, -0.15) is 5.10 Å². The van der Waals surface area contributed by atoms with E-state index in [4.69, 9.17) is 9.47 Å². The van der Waals surface area contributed by atoms with Gasteiger partial charge >= 0.3 is 5.97 Å². The van der Waals surface area contributed by atoms with E-state index in [0.717, 1.165) is 5.56 Å². The first-order valence-electron chi connectivity index (χ1n) is 7.70. The van der Waals surface area contributed by atoms with Gasteiger partial charge in [0.2, 0.25) is 0 Å². The molecule has 1 fully saturated rings. The first kappa shape index (κ1) is 16.3. The fraction of sp³-hybridized carbons (Fsp3) is 0.529. The van der Waals surface area contributed by atoms with E-state index in [1.54, 1.807) is 13.2 Å². The Bertz CT molecular complexity index is 547. The molecule has 0 aromatic heterocycles. The monoisotopic (exact) mass is 304 g/mol. The van der Waals surface area contributed by atoms with Crippen LogP contribution in [0.25, 0.3) is 0 Å². The van der Waals surface area contributed by atoms with Crippen molar-refractivity contribution in [3.8, 4) is 11.5 Å². The predicted molar refractivity (Wildman–Crippen MR) is 86.5 cm³/mol. The number of benzene rings is 1. The molecular weight excluding hydrogens is 280 g/mol. The number of rotatable bonds is 4. The summed E-state index contributed by atoms with van der Waals surface area (Å²) in [6.07, 6.45) is 5.45. The molecule has 1 saturated heterocycles. The van der Waals surface area contributed by atoms with Crippen molar-refractivity contribution in [1.29, 1.82) is 0 Å². The summed E-state index contributed by atoms with van der Waals surface area (Å²) in [4.78, 5) is 11.1. The van der Waals surface area contributed by atoms with E-state index in [-0.39, 0.29) is 5.97 Å². The second kappa shape index (κ2) is 7.29. The minimum Gasteiger partial charge on any atom is -0.493 e. The number of hydrogen-bond acceptors (Lipinski definition) is 5. The fourth-order valence-electron chi connectivity index (χ4n) is 2.77. The van der Waals surface area contributed by atoms with E-state index in [1.165, 1.54) is 26.2 Å². The minimum atomic E-state index is -0.365. The van der Waals surface area contributed by atoms with Crippen molar-refractivity contribution in [1.82, 2.24) is 5.01 Å². The molecule has 0 radical (unpaired) electrons. The lowest BCUT2D eigenvalue weighted by molar-refractivity contribution is -0.132. The van der Waals surface area contributed by atoms with E-state index in [2.05, 4.69) is 24.0 Å². The van der Waals surface area contributed by atoms with Crippen molar-refractivity contribution < 1.29 is 14.3 Å². The molecule has 22 heavy (non-hydrogen) atoms. The Hall–Kier alpha value is -2.04. The second-order valence-corrected chi connectivity index (χ2v) is 5.76. The molecular formula is C17H24N2O3. The topological polar surface area (TPSA) is 51.1 Å². The van der Waals surface area contributed by atoms with Gasteiger partial charge in [-0.25, -0.2) is 0 Å². The van der Waals surface area contributed by atoms with Crippen LogP contribution in [0.3, 0.4) is 0 Å². The first-order valence-corrected chi connectivity index (χ1v) is 7.70. The summed E-state index contributed by atoms with van der Waals surface area (Å²) in [6, 6.07) is 6.33. The minimum absolute atomic E-state index is 0.365. The second-order valence-electron chi connectivity index (χ2n) is 5.76. The van der Waals surface area contributed by atoms with Gasteiger partial charge in [0, 0.05) is 19.0 Å². The molecule has 120 valence electrons. The standard InChI is InChI=1S/C17H24N2O3/c1-12-6-5-7-13(2)19(12)18-11-15-8-9-16(22-14(3)20)17(10-15)21-4/h8-13H,5-7H2,1-4H3/b18-11-/t12-,13-/m1/s1. The lowest BCUT2D eigenvalue weighted by Gasteiger charge is -2.36. The van der Waals surface area contributed by atoms with Gasteiger partial charge < -0.3 is 9.47 Å². The molecule has 2 rings (SSSR count). The molecule has 0 bridgehead atoms. The average Bonchev–Trinajstić information content (AvgIpc) is 2.47. The van der Waals surface area contributed by atoms with Gasteiger partial charge in [0.1, 0.15) is 0 Å². The van der Waals surface area contributed by atoms with Gasteiger partial charge in [0.25, 0.3) is 0 Å². The number of hydrogen-bond donors (Lipinski definition) is 0. The number of carbonyl (C=O) groups excluding carboxylic acids is 1. The van der Waals surface area contributed by atoms with E-state index in [0.29, 0.717) is 23.6 Å². The molecule has 0 amide bonds. The Morgan fingerprint density at radius 1 is 1.27 bits per heavy atom. The summed E-state index contributed by atoms with van der Waals surface area (Å²) in [5, 5.41) is 6.79. The smallest absolute Gasteiger partial charge is 0.308 e. The third-order valence-electron chi connectivity index (χ3n) is 3.93. The first-order chi connectivity index (χ1) is 10.5. The van der Waals surface area contributed by atoms with Crippen LogP contribution in [0.1, 0.15) is 45.6 Å². The highest BCUT2D eigenvalue weighted by molar-refractivity contribution is 5.81. The van der Waals surface area contributed by atoms with Crippen molar-refractivity contribution in [3.63, 3.8) is 0 Å². The summed E-state index contributed by atoms with van der Waals surface area (Å²) in [5.41, 5.74) is 0.915. The normalized spacial score (nSPS) is 21.9. The van der Waals surface area contributed by atoms with Crippen molar-refractivity contribution in [2.24, 2.45) is 5.10 Å². The maximum absolute atomic E-state index is 11.1. The Morgan fingerprint density at radius 2 is 1.95 bits per heavy atom. The van der Waals surface area contributed by atoms with Crippen LogP contribution in [0.2, 0.25) is 0 Å². The summed E-state index contributed by atoms with van der Waals surface area (Å²) in [7, 11) is 1.55. The molecule has 1 aromatic rings. The van der Waals surface area contributed by atoms with Gasteiger partial charge in [0.05, 0.1) is 13.3 Å². The molecule has 0 unspecified atom stereocenters. The predicted octanol–water partition coefficient (Wildman–Crippen LogP) is 3.22. The Morgan fingerprint density at radius 3 is 2.55 bits per heavy atom. The molecule has 1 aromatic carbocycles. The van der Waals surface area contributed by atoms with Crippen LogP contribution in [0, 0.1) is 0 Å². The number of carbonyl (C=O) groups is 1. The number of piperidine rings is 1. The van der Waals surface area contributed by atoms with E-state index in [9.17, 15) is 4.79 Å². The van der Waals surface area contributed by atoms with Crippen LogP contribution in [0.4, 0.5) is 0 Å². The molecule has 5 heteroatoms. The maximum Gasteiger partial charge on any atom is 0.308 e. The molecule has 0 aliphatic carbocycles. The Labute approximate surface area is 131 Å². The van der Waals surface area contributed by atoms with Crippen LogP contribution in [-0.2, 0) is 4.79 Å². The Kier molecular flexibility index (Phi) is 5.41. The number of ether oxygens (including phenoxy) is 2. The molecule has 1 heterocycles. The van der Waals surface area contributed by atoms with Gasteiger partial charge in [-0.15, -0.1) is 0 Å². The number of nitrogens with zero attached hydrogens (tertiary/aromatic N) is 2. The van der Waals surface area contributed by atoms with Gasteiger partial charge in [-0.1, -0.05) is 0 Å². The lowest BCUT2D eigenvalue weighted by atomic mass is 10.00. The molecule has 0 spiro atoms. The zero-order valence-corrected chi connectivity index (χ0v) is 13.7. The maximum atomic E-state index is 11.1. The van der Waals surface area contributed by atoms with Crippen LogP contribution < -0.4 is 9.47 Å². The van der Waals surface area contributed by atoms with Gasteiger partial charge in [-0.05, 0) is 56.9 Å². The van der Waals surface area contributed by atoms with Crippen LogP contribution in [-0.4, -0.2) is 36.4 Å². The van der Waals surface area contributed by atoms with Crippen LogP contribution in [0.5, 0.6) is 11.5 Å². The summed E-state index contributed by atoms with van der Waals surface area (Å²) < 4.78 is 10.4. The lowest BCUT2D eigenvalue weighted by Crippen LogP contribution is -2.39. The zero-order chi connectivity index (χ0) is 16.1. The summed E-state index contributed by atoms with van der Waals surface area (Å²) in [5.74, 6) is 0.585. The number of hydrazone groups is 1. The van der Waals surface area contributed by atoms with Gasteiger partial charge in [0.15, 0.2) is 11.5 Å². The van der Waals surface area contributed by atoms with Crippen molar-refractivity contribution >= 4 is 12.2 Å². The van der Waals surface area contributed by atoms with E-state index < -0.39 is 0 Å². The van der Waals surface area contributed by atoms with E-state index >= 15 is 0 Å². The Balaban J connectivity index is 2.15. The van der Waals surface area contributed by atoms with Crippen LogP contribution >= 0.6 is 0 Å². The highest BCUT2D eigenvalue weighted by Crippen LogP contribution is 2.28. The molecule has 1 aliphatic rings. The van der Waals surface area contributed by atoms with Crippen molar-refractivity contribution in [2.45, 2.75) is 52.1 Å². The molecule has 5 nitrogen and oxygen atoms in total. The van der Waals surface area contributed by atoms with Crippen molar-refractivity contribution in [2.75, 3.05) is 7.11 Å². The zero-order valence-electron chi connectivity index (χ0n) is 13.7. The SMILES string of the molecule is COc1cc(/C=N\N2[C@H](C)CCC[C@H]2C)ccc1OC(C)=O. The van der Waals surface area contributed by atoms with E-state index in [1.807, 2.05) is 18.3 Å². The number of esters is 1.